The van der Waals surface area contributed by atoms with Gasteiger partial charge in [0.2, 0.25) is 0 Å². The van der Waals surface area contributed by atoms with Crippen LogP contribution in [0, 0.1) is 0 Å². The average Bonchev–Trinajstić information content (AvgIpc) is 3.30. The zero-order valence-corrected chi connectivity index (χ0v) is 14.6. The van der Waals surface area contributed by atoms with Crippen molar-refractivity contribution in [1.82, 2.24) is 5.32 Å². The van der Waals surface area contributed by atoms with E-state index in [2.05, 4.69) is 5.32 Å². The molecule has 0 unspecified atom stereocenters. The van der Waals surface area contributed by atoms with Gasteiger partial charge in [-0.1, -0.05) is 17.7 Å². The molecule has 0 aliphatic rings. The zero-order valence-electron chi connectivity index (χ0n) is 13.0. The maximum atomic E-state index is 11.8. The molecular formula is C18H14ClNO4S. The smallest absolute Gasteiger partial charge is 0.348 e. The highest BCUT2D eigenvalue weighted by atomic mass is 35.5. The second-order valence-corrected chi connectivity index (χ2v) is 6.49. The highest BCUT2D eigenvalue weighted by Gasteiger charge is 2.11. The van der Waals surface area contributed by atoms with Crippen LogP contribution < -0.4 is 5.32 Å². The van der Waals surface area contributed by atoms with E-state index in [-0.39, 0.29) is 13.2 Å². The third-order valence-electron chi connectivity index (χ3n) is 3.31. The lowest BCUT2D eigenvalue weighted by atomic mass is 10.2. The van der Waals surface area contributed by atoms with Crippen molar-refractivity contribution in [3.63, 3.8) is 0 Å². The second-order valence-electron chi connectivity index (χ2n) is 5.10. The van der Waals surface area contributed by atoms with Crippen LogP contribution in [0.3, 0.4) is 0 Å². The summed E-state index contributed by atoms with van der Waals surface area (Å²) < 4.78 is 10.6. The Bertz CT molecular complexity index is 856. The molecule has 1 amide bonds. The summed E-state index contributed by atoms with van der Waals surface area (Å²) in [5, 5.41) is 5.07. The largest absolute Gasteiger partial charge is 0.459 e. The molecule has 0 aliphatic carbocycles. The fourth-order valence-electron chi connectivity index (χ4n) is 2.08. The molecule has 0 aliphatic heterocycles. The second kappa shape index (κ2) is 8.00. The number of furan rings is 1. The molecule has 0 fully saturated rings. The van der Waals surface area contributed by atoms with Gasteiger partial charge in [0.1, 0.15) is 16.4 Å². The third kappa shape index (κ3) is 4.71. The molecule has 1 N–H and O–H groups in total. The Kier molecular flexibility index (Phi) is 5.53. The van der Waals surface area contributed by atoms with Crippen LogP contribution in [0.25, 0.3) is 11.3 Å². The molecule has 0 saturated heterocycles. The maximum Gasteiger partial charge on any atom is 0.348 e. The van der Waals surface area contributed by atoms with Gasteiger partial charge in [-0.15, -0.1) is 11.3 Å². The number of esters is 1. The van der Waals surface area contributed by atoms with Gasteiger partial charge in [-0.2, -0.15) is 0 Å². The van der Waals surface area contributed by atoms with Crippen molar-refractivity contribution in [3.05, 3.63) is 69.6 Å². The molecule has 0 spiro atoms. The van der Waals surface area contributed by atoms with Gasteiger partial charge in [0.25, 0.3) is 5.91 Å². The molecule has 5 nitrogen and oxygen atoms in total. The first kappa shape index (κ1) is 17.3. The van der Waals surface area contributed by atoms with Crippen LogP contribution in [0.15, 0.2) is 58.3 Å². The fourth-order valence-corrected chi connectivity index (χ4v) is 2.82. The first-order valence-electron chi connectivity index (χ1n) is 7.44. The minimum atomic E-state index is -0.506. The number of thiophene rings is 1. The van der Waals surface area contributed by atoms with Gasteiger partial charge in [0.05, 0.1) is 6.54 Å². The number of rotatable bonds is 6. The fraction of sp³-hybridized carbons (Fsp3) is 0.111. The van der Waals surface area contributed by atoms with Gasteiger partial charge in [0.15, 0.2) is 6.61 Å². The lowest BCUT2D eigenvalue weighted by Crippen LogP contribution is -2.28. The standard InChI is InChI=1S/C18H14ClNO4S/c19-13-5-3-12(4-6-13)15-8-7-14(24-15)10-20-17(21)11-23-18(22)16-2-1-9-25-16/h1-9H,10-11H2,(H,20,21). The van der Waals surface area contributed by atoms with Gasteiger partial charge < -0.3 is 14.5 Å². The number of carbonyl (C=O) groups is 2. The lowest BCUT2D eigenvalue weighted by molar-refractivity contribution is -0.124. The molecule has 0 radical (unpaired) electrons. The van der Waals surface area contributed by atoms with Crippen molar-refractivity contribution in [1.29, 1.82) is 0 Å². The summed E-state index contributed by atoms with van der Waals surface area (Å²) in [6, 6.07) is 14.3. The summed E-state index contributed by atoms with van der Waals surface area (Å²) in [7, 11) is 0. The van der Waals surface area contributed by atoms with Crippen LogP contribution >= 0.6 is 22.9 Å². The number of ether oxygens (including phenoxy) is 1. The number of hydrogen-bond acceptors (Lipinski definition) is 5. The van der Waals surface area contributed by atoms with Crippen molar-refractivity contribution >= 4 is 34.8 Å². The van der Waals surface area contributed by atoms with Crippen molar-refractivity contribution in [2.24, 2.45) is 0 Å². The van der Waals surface area contributed by atoms with Crippen LogP contribution in [0.2, 0.25) is 5.02 Å². The number of carbonyl (C=O) groups excluding carboxylic acids is 2. The molecule has 2 heterocycles. The summed E-state index contributed by atoms with van der Waals surface area (Å²) in [6.45, 7) is -0.121. The molecule has 0 saturated carbocycles. The first-order valence-corrected chi connectivity index (χ1v) is 8.69. The normalized spacial score (nSPS) is 10.4. The van der Waals surface area contributed by atoms with E-state index in [1.165, 1.54) is 11.3 Å². The van der Waals surface area contributed by atoms with E-state index in [0.717, 1.165) is 5.56 Å². The molecule has 1 aromatic carbocycles. The molecule has 7 heteroatoms. The van der Waals surface area contributed by atoms with Crippen LogP contribution in [-0.2, 0) is 16.1 Å². The van der Waals surface area contributed by atoms with Gasteiger partial charge in [-0.3, -0.25) is 4.79 Å². The summed E-state index contributed by atoms with van der Waals surface area (Å²) in [5.41, 5.74) is 0.895. The number of amides is 1. The summed E-state index contributed by atoms with van der Waals surface area (Å²) in [5.74, 6) is 0.385. The summed E-state index contributed by atoms with van der Waals surface area (Å²) in [6.07, 6.45) is 0. The highest BCUT2D eigenvalue weighted by Crippen LogP contribution is 2.23. The van der Waals surface area contributed by atoms with E-state index < -0.39 is 11.9 Å². The van der Waals surface area contributed by atoms with Gasteiger partial charge >= 0.3 is 5.97 Å². The monoisotopic (exact) mass is 375 g/mol. The average molecular weight is 376 g/mol. The van der Waals surface area contributed by atoms with E-state index in [4.69, 9.17) is 20.8 Å². The SMILES string of the molecule is O=C(COC(=O)c1cccs1)NCc1ccc(-c2ccc(Cl)cc2)o1. The number of benzene rings is 1. The van der Waals surface area contributed by atoms with Gasteiger partial charge in [0, 0.05) is 10.6 Å². The number of nitrogens with one attached hydrogen (secondary N) is 1. The minimum Gasteiger partial charge on any atom is -0.459 e. The first-order chi connectivity index (χ1) is 12.1. The Hall–Kier alpha value is -2.57. The molecule has 25 heavy (non-hydrogen) atoms. The van der Waals surface area contributed by atoms with Crippen LogP contribution in [0.1, 0.15) is 15.4 Å². The zero-order chi connectivity index (χ0) is 17.6. The Morgan fingerprint density at radius 3 is 2.64 bits per heavy atom. The third-order valence-corrected chi connectivity index (χ3v) is 4.41. The molecule has 3 aromatic rings. The van der Waals surface area contributed by atoms with Crippen molar-refractivity contribution in [2.45, 2.75) is 6.54 Å². The molecule has 0 bridgehead atoms. The van der Waals surface area contributed by atoms with Crippen LogP contribution in [-0.4, -0.2) is 18.5 Å². The van der Waals surface area contributed by atoms with E-state index in [0.29, 0.717) is 21.4 Å². The topological polar surface area (TPSA) is 68.5 Å². The van der Waals surface area contributed by atoms with E-state index in [1.54, 1.807) is 35.7 Å². The summed E-state index contributed by atoms with van der Waals surface area (Å²) >= 11 is 7.13. The minimum absolute atomic E-state index is 0.211. The molecule has 0 atom stereocenters. The molecule has 2 aromatic heterocycles. The Morgan fingerprint density at radius 2 is 1.92 bits per heavy atom. The van der Waals surface area contributed by atoms with E-state index in [9.17, 15) is 9.59 Å². The number of halogens is 1. The molecular weight excluding hydrogens is 362 g/mol. The van der Waals surface area contributed by atoms with Crippen molar-refractivity contribution < 1.29 is 18.7 Å². The van der Waals surface area contributed by atoms with Gasteiger partial charge in [-0.05, 0) is 47.8 Å². The van der Waals surface area contributed by atoms with Crippen LogP contribution in [0.5, 0.6) is 0 Å². The van der Waals surface area contributed by atoms with E-state index >= 15 is 0 Å². The Morgan fingerprint density at radius 1 is 1.12 bits per heavy atom. The Balaban J connectivity index is 1.48. The van der Waals surface area contributed by atoms with Crippen LogP contribution in [0.4, 0.5) is 0 Å². The predicted octanol–water partition coefficient (Wildman–Crippen LogP) is 4.13. The van der Waals surface area contributed by atoms with E-state index in [1.807, 2.05) is 18.2 Å². The molecule has 128 valence electrons. The van der Waals surface area contributed by atoms with Gasteiger partial charge in [-0.25, -0.2) is 4.79 Å². The summed E-state index contributed by atoms with van der Waals surface area (Å²) in [4.78, 5) is 23.9. The highest BCUT2D eigenvalue weighted by molar-refractivity contribution is 7.11. The number of hydrogen-bond donors (Lipinski definition) is 1. The van der Waals surface area contributed by atoms with Crippen molar-refractivity contribution in [3.8, 4) is 11.3 Å². The predicted molar refractivity (Wildman–Crippen MR) is 95.6 cm³/mol. The Labute approximate surface area is 153 Å². The quantitative estimate of drug-likeness (QED) is 0.657. The maximum absolute atomic E-state index is 11.8. The molecule has 3 rings (SSSR count). The van der Waals surface area contributed by atoms with Crippen molar-refractivity contribution in [2.75, 3.05) is 6.61 Å². The lowest BCUT2D eigenvalue weighted by Gasteiger charge is -2.04.